The summed E-state index contributed by atoms with van der Waals surface area (Å²) in [6.07, 6.45) is 4.93. The fourth-order valence-electron chi connectivity index (χ4n) is 3.74. The van der Waals surface area contributed by atoms with Gasteiger partial charge in [0.2, 0.25) is 17.8 Å². The largest absolute Gasteiger partial charge is 0.274 e. The monoisotopic (exact) mass is 361 g/mol. The van der Waals surface area contributed by atoms with Crippen LogP contribution in [-0.4, -0.2) is 31.4 Å². The predicted octanol–water partition coefficient (Wildman–Crippen LogP) is 1.54. The van der Waals surface area contributed by atoms with E-state index in [0.717, 1.165) is 15.0 Å². The first-order valence-corrected chi connectivity index (χ1v) is 8.71. The van der Waals surface area contributed by atoms with E-state index in [1.165, 1.54) is 6.07 Å². The number of nitrogens with one attached hydrogen (secondary N) is 1. The molecule has 2 aliphatic rings. The van der Waals surface area contributed by atoms with Crippen LogP contribution in [0.1, 0.15) is 12.8 Å². The summed E-state index contributed by atoms with van der Waals surface area (Å²) in [5.74, 6) is -1.14. The third-order valence-electron chi connectivity index (χ3n) is 5.11. The highest BCUT2D eigenvalue weighted by Gasteiger charge is 2.49. The van der Waals surface area contributed by atoms with Gasteiger partial charge in [-0.25, -0.2) is 9.88 Å². The number of hydrogen-bond donors (Lipinski definition) is 1. The Morgan fingerprint density at radius 2 is 1.59 bits per heavy atom. The molecule has 1 saturated heterocycles. The zero-order valence-electron chi connectivity index (χ0n) is 14.2. The molecule has 1 N–H and O–H groups in total. The first-order valence-electron chi connectivity index (χ1n) is 8.71. The highest BCUT2D eigenvalue weighted by Crippen LogP contribution is 2.36. The normalized spacial score (nSPS) is 21.9. The number of allylic oxidation sites excluding steroid dienone is 2. The molecule has 0 radical (unpaired) electrons. The highest BCUT2D eigenvalue weighted by atomic mass is 16.2. The SMILES string of the molecule is O=C1[C@@H]2CC=CC[C@H]2C(=O)N1c1nc2nc(-c3ccccc3)cc(=O)n2[nH]1. The van der Waals surface area contributed by atoms with Gasteiger partial charge in [-0.1, -0.05) is 42.5 Å². The highest BCUT2D eigenvalue weighted by molar-refractivity contribution is 6.21. The Labute approximate surface area is 153 Å². The van der Waals surface area contributed by atoms with Gasteiger partial charge in [-0.05, 0) is 12.8 Å². The average Bonchev–Trinajstić information content (AvgIpc) is 3.22. The standard InChI is InChI=1S/C19H15N5O3/c25-15-10-14(11-6-2-1-3-7-11)20-18-21-19(22-24(15)18)23-16(26)12-8-4-5-9-13(12)17(23)27/h1-7,10,12-13H,8-9H2,(H,20,21,22)/t12-,13-/m1/s1. The van der Waals surface area contributed by atoms with E-state index in [1.807, 2.05) is 42.5 Å². The van der Waals surface area contributed by atoms with Crippen LogP contribution in [-0.2, 0) is 9.59 Å². The van der Waals surface area contributed by atoms with Crippen LogP contribution >= 0.6 is 0 Å². The Morgan fingerprint density at radius 1 is 0.926 bits per heavy atom. The molecular formula is C19H15N5O3. The molecule has 1 aliphatic carbocycles. The summed E-state index contributed by atoms with van der Waals surface area (Å²) in [6, 6.07) is 10.7. The van der Waals surface area contributed by atoms with Gasteiger partial charge in [0.1, 0.15) is 0 Å². The quantitative estimate of drug-likeness (QED) is 0.551. The summed E-state index contributed by atoms with van der Waals surface area (Å²) in [7, 11) is 0. The summed E-state index contributed by atoms with van der Waals surface area (Å²) in [5.41, 5.74) is 0.901. The topological polar surface area (TPSA) is 100 Å². The number of aromatic amines is 1. The van der Waals surface area contributed by atoms with Crippen molar-refractivity contribution in [3.05, 3.63) is 58.9 Å². The zero-order chi connectivity index (χ0) is 18.5. The molecule has 0 saturated carbocycles. The van der Waals surface area contributed by atoms with Crippen molar-refractivity contribution in [1.82, 2.24) is 19.6 Å². The molecule has 2 amide bonds. The van der Waals surface area contributed by atoms with Gasteiger partial charge in [0.05, 0.1) is 17.5 Å². The number of fused-ring (bicyclic) bond motifs is 2. The number of imide groups is 1. The average molecular weight is 361 g/mol. The molecular weight excluding hydrogens is 346 g/mol. The fourth-order valence-corrected chi connectivity index (χ4v) is 3.74. The Balaban J connectivity index is 1.59. The van der Waals surface area contributed by atoms with Crippen LogP contribution in [0.2, 0.25) is 0 Å². The minimum atomic E-state index is -0.365. The second kappa shape index (κ2) is 5.73. The van der Waals surface area contributed by atoms with E-state index >= 15 is 0 Å². The number of H-pyrrole nitrogens is 1. The maximum absolute atomic E-state index is 12.7. The molecule has 1 fully saturated rings. The van der Waals surface area contributed by atoms with Crippen molar-refractivity contribution in [2.45, 2.75) is 12.8 Å². The Morgan fingerprint density at radius 3 is 2.26 bits per heavy atom. The van der Waals surface area contributed by atoms with E-state index in [1.54, 1.807) is 0 Å². The van der Waals surface area contributed by atoms with Crippen LogP contribution in [0, 0.1) is 11.8 Å². The molecule has 8 nitrogen and oxygen atoms in total. The molecule has 3 aromatic rings. The third-order valence-corrected chi connectivity index (χ3v) is 5.11. The number of carbonyl (C=O) groups is 2. The molecule has 134 valence electrons. The first-order chi connectivity index (χ1) is 13.1. The van der Waals surface area contributed by atoms with E-state index < -0.39 is 0 Å². The van der Waals surface area contributed by atoms with Crippen molar-refractivity contribution in [1.29, 1.82) is 0 Å². The summed E-state index contributed by atoms with van der Waals surface area (Å²) < 4.78 is 1.14. The van der Waals surface area contributed by atoms with E-state index in [-0.39, 0.29) is 40.9 Å². The summed E-state index contributed by atoms with van der Waals surface area (Å²) in [4.78, 5) is 47.6. The zero-order valence-corrected chi connectivity index (χ0v) is 14.2. The van der Waals surface area contributed by atoms with Gasteiger partial charge in [0.25, 0.3) is 11.3 Å². The number of aromatic nitrogens is 4. The Kier molecular flexibility index (Phi) is 3.33. The van der Waals surface area contributed by atoms with Crippen LogP contribution < -0.4 is 10.5 Å². The van der Waals surface area contributed by atoms with Crippen molar-refractivity contribution >= 4 is 23.5 Å². The molecule has 0 unspecified atom stereocenters. The Hall–Kier alpha value is -3.55. The van der Waals surface area contributed by atoms with Gasteiger partial charge < -0.3 is 0 Å². The van der Waals surface area contributed by atoms with E-state index in [2.05, 4.69) is 15.1 Å². The lowest BCUT2D eigenvalue weighted by Crippen LogP contribution is -2.32. The molecule has 1 aromatic carbocycles. The summed E-state index contributed by atoms with van der Waals surface area (Å²) in [5, 5.41) is 2.75. The summed E-state index contributed by atoms with van der Waals surface area (Å²) >= 11 is 0. The molecule has 3 heterocycles. The molecule has 27 heavy (non-hydrogen) atoms. The third kappa shape index (κ3) is 2.33. The van der Waals surface area contributed by atoms with Gasteiger partial charge in [-0.2, -0.15) is 9.50 Å². The lowest BCUT2D eigenvalue weighted by atomic mass is 9.85. The van der Waals surface area contributed by atoms with Crippen molar-refractivity contribution < 1.29 is 9.59 Å². The van der Waals surface area contributed by atoms with Crippen LogP contribution in [0.3, 0.4) is 0 Å². The van der Waals surface area contributed by atoms with Gasteiger partial charge in [-0.3, -0.25) is 19.5 Å². The van der Waals surface area contributed by atoms with Crippen LogP contribution in [0.5, 0.6) is 0 Å². The molecule has 0 spiro atoms. The maximum atomic E-state index is 12.7. The van der Waals surface area contributed by atoms with Gasteiger partial charge >= 0.3 is 0 Å². The summed E-state index contributed by atoms with van der Waals surface area (Å²) in [6.45, 7) is 0. The number of amides is 2. The lowest BCUT2D eigenvalue weighted by Gasteiger charge is -2.14. The van der Waals surface area contributed by atoms with E-state index in [9.17, 15) is 14.4 Å². The van der Waals surface area contributed by atoms with E-state index in [0.29, 0.717) is 18.5 Å². The van der Waals surface area contributed by atoms with E-state index in [4.69, 9.17) is 0 Å². The van der Waals surface area contributed by atoms with Crippen LogP contribution in [0.4, 0.5) is 5.95 Å². The second-order valence-corrected chi connectivity index (χ2v) is 6.70. The smallest absolute Gasteiger partial charge is 0.274 e. The molecule has 2 aromatic heterocycles. The van der Waals surface area contributed by atoms with Crippen molar-refractivity contribution in [3.8, 4) is 11.3 Å². The van der Waals surface area contributed by atoms with Crippen molar-refractivity contribution in [3.63, 3.8) is 0 Å². The van der Waals surface area contributed by atoms with Crippen molar-refractivity contribution in [2.75, 3.05) is 4.90 Å². The second-order valence-electron chi connectivity index (χ2n) is 6.70. The number of hydrogen-bond acceptors (Lipinski definition) is 5. The minimum Gasteiger partial charge on any atom is -0.274 e. The number of nitrogens with zero attached hydrogens (tertiary/aromatic N) is 4. The van der Waals surface area contributed by atoms with Crippen molar-refractivity contribution in [2.24, 2.45) is 11.8 Å². The minimum absolute atomic E-state index is 0.0363. The molecule has 0 bridgehead atoms. The maximum Gasteiger partial charge on any atom is 0.274 e. The molecule has 2 atom stereocenters. The van der Waals surface area contributed by atoms with Gasteiger partial charge in [0.15, 0.2) is 0 Å². The van der Waals surface area contributed by atoms with Gasteiger partial charge in [0, 0.05) is 11.6 Å². The Bertz CT molecular complexity index is 1140. The van der Waals surface area contributed by atoms with Crippen LogP contribution in [0.15, 0.2) is 53.3 Å². The number of benzene rings is 1. The predicted molar refractivity (Wildman–Crippen MR) is 96.9 cm³/mol. The number of anilines is 1. The van der Waals surface area contributed by atoms with Gasteiger partial charge in [-0.15, -0.1) is 0 Å². The molecule has 1 aliphatic heterocycles. The number of carbonyl (C=O) groups excluding carboxylic acids is 2. The fraction of sp³-hybridized carbons (Fsp3) is 0.211. The first kappa shape index (κ1) is 15.7. The lowest BCUT2D eigenvalue weighted by molar-refractivity contribution is -0.122. The molecule has 8 heteroatoms. The number of rotatable bonds is 2. The molecule has 5 rings (SSSR count). The van der Waals surface area contributed by atoms with Crippen LogP contribution in [0.25, 0.3) is 17.0 Å².